The van der Waals surface area contributed by atoms with Gasteiger partial charge in [0, 0.05) is 26.0 Å². The number of nitrogens with one attached hydrogen (secondary N) is 1. The highest BCUT2D eigenvalue weighted by Crippen LogP contribution is 2.13. The maximum absolute atomic E-state index is 5.35. The minimum atomic E-state index is 0.128. The quantitative estimate of drug-likeness (QED) is 0.743. The Bertz CT molecular complexity index is 226. The lowest BCUT2D eigenvalue weighted by atomic mass is 10.1. The summed E-state index contributed by atoms with van der Waals surface area (Å²) in [7, 11) is 1.72. The van der Waals surface area contributed by atoms with Crippen LogP contribution in [0, 0.1) is 0 Å². The molecular formula is C10H16N2O. The molecule has 1 atom stereocenters. The molecule has 1 heterocycles. The van der Waals surface area contributed by atoms with Crippen molar-refractivity contribution in [1.29, 1.82) is 0 Å². The van der Waals surface area contributed by atoms with Gasteiger partial charge in [-0.15, -0.1) is 0 Å². The van der Waals surface area contributed by atoms with Crippen LogP contribution < -0.4 is 5.32 Å². The van der Waals surface area contributed by atoms with Crippen molar-refractivity contribution in [3.8, 4) is 0 Å². The van der Waals surface area contributed by atoms with Gasteiger partial charge in [0.05, 0.1) is 6.10 Å². The molecule has 0 fully saturated rings. The summed E-state index contributed by atoms with van der Waals surface area (Å²) in [6, 6.07) is 3.96. The van der Waals surface area contributed by atoms with E-state index >= 15 is 0 Å². The summed E-state index contributed by atoms with van der Waals surface area (Å²) in [5.41, 5.74) is 1.17. The van der Waals surface area contributed by atoms with E-state index in [0.717, 1.165) is 13.1 Å². The Morgan fingerprint density at radius 1 is 1.46 bits per heavy atom. The molecule has 0 aliphatic rings. The number of pyridine rings is 1. The van der Waals surface area contributed by atoms with Gasteiger partial charge >= 0.3 is 0 Å². The van der Waals surface area contributed by atoms with Crippen LogP contribution in [-0.2, 0) is 4.74 Å². The molecule has 1 aromatic rings. The number of ether oxygens (including phenoxy) is 1. The highest BCUT2D eigenvalue weighted by molar-refractivity contribution is 5.13. The first-order valence-corrected chi connectivity index (χ1v) is 4.52. The van der Waals surface area contributed by atoms with Gasteiger partial charge in [-0.05, 0) is 24.2 Å². The van der Waals surface area contributed by atoms with Gasteiger partial charge in [-0.2, -0.15) is 0 Å². The summed E-state index contributed by atoms with van der Waals surface area (Å²) in [4.78, 5) is 3.97. The SMILES string of the molecule is CCNCC(OC)c1ccncc1. The standard InChI is InChI=1S/C10H16N2O/c1-3-11-8-10(13-2)9-4-6-12-7-5-9/h4-7,10-11H,3,8H2,1-2H3. The number of rotatable bonds is 5. The second-order valence-corrected chi connectivity index (χ2v) is 2.81. The molecule has 1 N–H and O–H groups in total. The molecular weight excluding hydrogens is 164 g/mol. The van der Waals surface area contributed by atoms with Crippen LogP contribution in [0.15, 0.2) is 24.5 Å². The summed E-state index contributed by atoms with van der Waals surface area (Å²) in [5, 5.41) is 3.25. The Hall–Kier alpha value is -0.930. The van der Waals surface area contributed by atoms with Crippen LogP contribution in [0.25, 0.3) is 0 Å². The van der Waals surface area contributed by atoms with Gasteiger partial charge in [0.15, 0.2) is 0 Å². The van der Waals surface area contributed by atoms with Crippen molar-refractivity contribution in [3.63, 3.8) is 0 Å². The van der Waals surface area contributed by atoms with Crippen LogP contribution in [0.3, 0.4) is 0 Å². The second kappa shape index (κ2) is 5.67. The lowest BCUT2D eigenvalue weighted by Crippen LogP contribution is -2.22. The Morgan fingerprint density at radius 3 is 2.69 bits per heavy atom. The smallest absolute Gasteiger partial charge is 0.0946 e. The zero-order chi connectivity index (χ0) is 9.52. The normalized spacial score (nSPS) is 12.8. The van der Waals surface area contributed by atoms with E-state index in [1.165, 1.54) is 5.56 Å². The molecule has 1 rings (SSSR count). The van der Waals surface area contributed by atoms with E-state index in [2.05, 4.69) is 17.2 Å². The van der Waals surface area contributed by atoms with Crippen LogP contribution in [0.2, 0.25) is 0 Å². The molecule has 0 spiro atoms. The fraction of sp³-hybridized carbons (Fsp3) is 0.500. The summed E-state index contributed by atoms with van der Waals surface area (Å²) in [6.45, 7) is 3.89. The molecule has 0 radical (unpaired) electrons. The predicted octanol–water partition coefficient (Wildman–Crippen LogP) is 1.38. The first kappa shape index (κ1) is 10.2. The largest absolute Gasteiger partial charge is 0.375 e. The van der Waals surface area contributed by atoms with Crippen molar-refractivity contribution in [2.45, 2.75) is 13.0 Å². The van der Waals surface area contributed by atoms with E-state index in [1.54, 1.807) is 19.5 Å². The van der Waals surface area contributed by atoms with Gasteiger partial charge in [-0.25, -0.2) is 0 Å². The van der Waals surface area contributed by atoms with Crippen molar-refractivity contribution in [3.05, 3.63) is 30.1 Å². The number of likely N-dealkylation sites (N-methyl/N-ethyl adjacent to an activating group) is 1. The molecule has 3 heteroatoms. The maximum atomic E-state index is 5.35. The van der Waals surface area contributed by atoms with Gasteiger partial charge < -0.3 is 10.1 Å². The van der Waals surface area contributed by atoms with Crippen molar-refractivity contribution in [1.82, 2.24) is 10.3 Å². The average molecular weight is 180 g/mol. The summed E-state index contributed by atoms with van der Waals surface area (Å²) in [6.07, 6.45) is 3.70. The van der Waals surface area contributed by atoms with Crippen molar-refractivity contribution in [2.24, 2.45) is 0 Å². The predicted molar refractivity (Wildman–Crippen MR) is 52.5 cm³/mol. The van der Waals surface area contributed by atoms with E-state index < -0.39 is 0 Å². The van der Waals surface area contributed by atoms with Crippen LogP contribution in [-0.4, -0.2) is 25.2 Å². The molecule has 0 saturated carbocycles. The molecule has 3 nitrogen and oxygen atoms in total. The van der Waals surface area contributed by atoms with E-state index in [1.807, 2.05) is 12.1 Å². The minimum Gasteiger partial charge on any atom is -0.375 e. The molecule has 0 aliphatic heterocycles. The zero-order valence-corrected chi connectivity index (χ0v) is 8.16. The Balaban J connectivity index is 2.56. The summed E-state index contributed by atoms with van der Waals surface area (Å²) >= 11 is 0. The lowest BCUT2D eigenvalue weighted by molar-refractivity contribution is 0.103. The van der Waals surface area contributed by atoms with Crippen molar-refractivity contribution < 1.29 is 4.74 Å². The molecule has 0 aliphatic carbocycles. The number of nitrogens with zero attached hydrogens (tertiary/aromatic N) is 1. The Kier molecular flexibility index (Phi) is 4.43. The van der Waals surface area contributed by atoms with Crippen LogP contribution in [0.5, 0.6) is 0 Å². The second-order valence-electron chi connectivity index (χ2n) is 2.81. The Labute approximate surface area is 79.1 Å². The van der Waals surface area contributed by atoms with Gasteiger partial charge in [-0.1, -0.05) is 6.92 Å². The van der Waals surface area contributed by atoms with E-state index in [9.17, 15) is 0 Å². The number of aromatic nitrogens is 1. The zero-order valence-electron chi connectivity index (χ0n) is 8.16. The molecule has 0 bridgehead atoms. The van der Waals surface area contributed by atoms with Crippen LogP contribution >= 0.6 is 0 Å². The first-order chi connectivity index (χ1) is 6.38. The molecule has 72 valence electrons. The fourth-order valence-electron chi connectivity index (χ4n) is 1.19. The topological polar surface area (TPSA) is 34.1 Å². The van der Waals surface area contributed by atoms with E-state index in [0.29, 0.717) is 0 Å². The van der Waals surface area contributed by atoms with Crippen molar-refractivity contribution in [2.75, 3.05) is 20.2 Å². The molecule has 0 aromatic carbocycles. The third kappa shape index (κ3) is 3.13. The van der Waals surface area contributed by atoms with E-state index in [-0.39, 0.29) is 6.10 Å². The monoisotopic (exact) mass is 180 g/mol. The van der Waals surface area contributed by atoms with Crippen LogP contribution in [0.1, 0.15) is 18.6 Å². The fourth-order valence-corrected chi connectivity index (χ4v) is 1.19. The van der Waals surface area contributed by atoms with Gasteiger partial charge in [-0.3, -0.25) is 4.98 Å². The van der Waals surface area contributed by atoms with E-state index in [4.69, 9.17) is 4.74 Å². The van der Waals surface area contributed by atoms with Gasteiger partial charge in [0.25, 0.3) is 0 Å². The Morgan fingerprint density at radius 2 is 2.15 bits per heavy atom. The van der Waals surface area contributed by atoms with Gasteiger partial charge in [0.1, 0.15) is 0 Å². The third-order valence-electron chi connectivity index (χ3n) is 1.94. The summed E-state index contributed by atoms with van der Waals surface area (Å²) in [5.74, 6) is 0. The lowest BCUT2D eigenvalue weighted by Gasteiger charge is -2.15. The maximum Gasteiger partial charge on any atom is 0.0946 e. The minimum absolute atomic E-state index is 0.128. The summed E-state index contributed by atoms with van der Waals surface area (Å²) < 4.78 is 5.35. The number of methoxy groups -OCH3 is 1. The van der Waals surface area contributed by atoms with Crippen LogP contribution in [0.4, 0.5) is 0 Å². The first-order valence-electron chi connectivity index (χ1n) is 4.52. The number of hydrogen-bond donors (Lipinski definition) is 1. The molecule has 1 aromatic heterocycles. The third-order valence-corrected chi connectivity index (χ3v) is 1.94. The molecule has 1 unspecified atom stereocenters. The number of hydrogen-bond acceptors (Lipinski definition) is 3. The highest BCUT2D eigenvalue weighted by Gasteiger charge is 2.07. The van der Waals surface area contributed by atoms with Gasteiger partial charge in [0.2, 0.25) is 0 Å². The molecule has 13 heavy (non-hydrogen) atoms. The molecule has 0 amide bonds. The highest BCUT2D eigenvalue weighted by atomic mass is 16.5. The molecule has 0 saturated heterocycles. The van der Waals surface area contributed by atoms with Crippen molar-refractivity contribution >= 4 is 0 Å². The average Bonchev–Trinajstić information content (AvgIpc) is 2.21.